The van der Waals surface area contributed by atoms with Gasteiger partial charge in [0.05, 0.1) is 6.54 Å². The molecule has 0 radical (unpaired) electrons. The largest absolute Gasteiger partial charge is 0.332 e. The predicted molar refractivity (Wildman–Crippen MR) is 122 cm³/mol. The van der Waals surface area contributed by atoms with E-state index in [1.165, 1.54) is 41.5 Å². The molecule has 0 aliphatic heterocycles. The Morgan fingerprint density at radius 1 is 0.935 bits per heavy atom. The van der Waals surface area contributed by atoms with Crippen molar-refractivity contribution in [1.29, 1.82) is 0 Å². The lowest BCUT2D eigenvalue weighted by atomic mass is 9.93. The van der Waals surface area contributed by atoms with Crippen LogP contribution in [0.25, 0.3) is 28.5 Å². The van der Waals surface area contributed by atoms with Crippen LogP contribution in [0.4, 0.5) is 0 Å². The Labute approximate surface area is 182 Å². The molecule has 156 valence electrons. The SMILES string of the molecule is Cc1ccc(Cn2nc(-c3nc(-c4ccc(C5=CCCCC5)cc4)no3)cc2C)cc1. The molecule has 0 bridgehead atoms. The molecule has 0 fully saturated rings. The van der Waals surface area contributed by atoms with Crippen molar-refractivity contribution in [3.8, 4) is 23.0 Å². The first-order valence-corrected chi connectivity index (χ1v) is 10.9. The van der Waals surface area contributed by atoms with E-state index in [1.807, 2.05) is 17.7 Å². The van der Waals surface area contributed by atoms with E-state index in [0.29, 0.717) is 24.0 Å². The van der Waals surface area contributed by atoms with E-state index in [9.17, 15) is 0 Å². The minimum absolute atomic E-state index is 0.444. The first kappa shape index (κ1) is 19.5. The van der Waals surface area contributed by atoms with Gasteiger partial charge in [0.25, 0.3) is 5.89 Å². The van der Waals surface area contributed by atoms with E-state index in [-0.39, 0.29) is 0 Å². The van der Waals surface area contributed by atoms with E-state index >= 15 is 0 Å². The minimum Gasteiger partial charge on any atom is -0.332 e. The van der Waals surface area contributed by atoms with Crippen molar-refractivity contribution in [2.75, 3.05) is 0 Å². The zero-order chi connectivity index (χ0) is 21.2. The van der Waals surface area contributed by atoms with Crippen LogP contribution in [0.3, 0.4) is 0 Å². The Kier molecular flexibility index (Phi) is 5.24. The van der Waals surface area contributed by atoms with E-state index in [1.54, 1.807) is 0 Å². The molecule has 0 saturated heterocycles. The van der Waals surface area contributed by atoms with Crippen LogP contribution in [-0.2, 0) is 6.54 Å². The molecule has 31 heavy (non-hydrogen) atoms. The number of nitrogens with zero attached hydrogens (tertiary/aromatic N) is 4. The highest BCUT2D eigenvalue weighted by atomic mass is 16.5. The van der Waals surface area contributed by atoms with Crippen molar-refractivity contribution in [1.82, 2.24) is 19.9 Å². The van der Waals surface area contributed by atoms with Crippen molar-refractivity contribution < 1.29 is 4.52 Å². The van der Waals surface area contributed by atoms with E-state index < -0.39 is 0 Å². The Bertz CT molecular complexity index is 1210. The molecule has 2 heterocycles. The van der Waals surface area contributed by atoms with Gasteiger partial charge in [-0.05, 0) is 62.3 Å². The molecule has 5 nitrogen and oxygen atoms in total. The Morgan fingerprint density at radius 2 is 1.71 bits per heavy atom. The molecule has 4 aromatic rings. The van der Waals surface area contributed by atoms with Gasteiger partial charge < -0.3 is 4.52 Å². The van der Waals surface area contributed by atoms with Gasteiger partial charge in [-0.25, -0.2) is 0 Å². The van der Waals surface area contributed by atoms with Crippen LogP contribution in [0.5, 0.6) is 0 Å². The topological polar surface area (TPSA) is 56.7 Å². The Morgan fingerprint density at radius 3 is 2.45 bits per heavy atom. The molecule has 0 spiro atoms. The maximum absolute atomic E-state index is 5.54. The summed E-state index contributed by atoms with van der Waals surface area (Å²) in [4.78, 5) is 4.60. The Hall–Kier alpha value is -3.47. The van der Waals surface area contributed by atoms with Gasteiger partial charge in [-0.2, -0.15) is 10.1 Å². The number of rotatable bonds is 5. The second kappa shape index (κ2) is 8.34. The van der Waals surface area contributed by atoms with Gasteiger partial charge in [-0.3, -0.25) is 4.68 Å². The summed E-state index contributed by atoms with van der Waals surface area (Å²) in [5.74, 6) is 1.03. The van der Waals surface area contributed by atoms with Gasteiger partial charge >= 0.3 is 0 Å². The van der Waals surface area contributed by atoms with Gasteiger partial charge in [-0.1, -0.05) is 65.3 Å². The van der Waals surface area contributed by atoms with Gasteiger partial charge in [0.15, 0.2) is 5.69 Å². The van der Waals surface area contributed by atoms with Crippen LogP contribution in [0.2, 0.25) is 0 Å². The van der Waals surface area contributed by atoms with Crippen molar-refractivity contribution in [3.63, 3.8) is 0 Å². The van der Waals surface area contributed by atoms with Crippen molar-refractivity contribution in [2.24, 2.45) is 0 Å². The van der Waals surface area contributed by atoms with Crippen LogP contribution >= 0.6 is 0 Å². The second-order valence-corrected chi connectivity index (χ2v) is 8.29. The molecule has 1 aliphatic rings. The lowest BCUT2D eigenvalue weighted by Crippen LogP contribution is -2.03. The lowest BCUT2D eigenvalue weighted by Gasteiger charge is -2.12. The van der Waals surface area contributed by atoms with E-state index in [4.69, 9.17) is 9.62 Å². The first-order chi connectivity index (χ1) is 15.2. The second-order valence-electron chi connectivity index (χ2n) is 8.29. The number of hydrogen-bond donors (Lipinski definition) is 0. The summed E-state index contributed by atoms with van der Waals surface area (Å²) in [6.07, 6.45) is 7.28. The minimum atomic E-state index is 0.444. The number of aromatic nitrogens is 4. The highest BCUT2D eigenvalue weighted by Crippen LogP contribution is 2.29. The van der Waals surface area contributed by atoms with Gasteiger partial charge in [0.2, 0.25) is 5.82 Å². The van der Waals surface area contributed by atoms with Crippen molar-refractivity contribution >= 4 is 5.57 Å². The highest BCUT2D eigenvalue weighted by molar-refractivity contribution is 5.69. The predicted octanol–water partition coefficient (Wildman–Crippen LogP) is 6.22. The summed E-state index contributed by atoms with van der Waals surface area (Å²) in [6, 6.07) is 18.9. The third-order valence-electron chi connectivity index (χ3n) is 5.88. The summed E-state index contributed by atoms with van der Waals surface area (Å²) in [5, 5.41) is 8.88. The molecule has 2 aromatic carbocycles. The molecular formula is C26H26N4O. The first-order valence-electron chi connectivity index (χ1n) is 10.9. The van der Waals surface area contributed by atoms with Gasteiger partial charge in [0, 0.05) is 11.3 Å². The summed E-state index contributed by atoms with van der Waals surface area (Å²) >= 11 is 0. The molecule has 5 rings (SSSR count). The lowest BCUT2D eigenvalue weighted by molar-refractivity contribution is 0.430. The van der Waals surface area contributed by atoms with Crippen LogP contribution in [0, 0.1) is 13.8 Å². The number of benzene rings is 2. The third-order valence-corrected chi connectivity index (χ3v) is 5.88. The normalized spacial score (nSPS) is 13.9. The molecule has 5 heteroatoms. The van der Waals surface area contributed by atoms with Crippen molar-refractivity contribution in [3.05, 3.63) is 83.1 Å². The van der Waals surface area contributed by atoms with E-state index in [0.717, 1.165) is 17.7 Å². The van der Waals surface area contributed by atoms with Crippen LogP contribution in [0.15, 0.2) is 65.2 Å². The fraction of sp³-hybridized carbons (Fsp3) is 0.269. The van der Waals surface area contributed by atoms with Crippen molar-refractivity contribution in [2.45, 2.75) is 46.1 Å². The quantitative estimate of drug-likeness (QED) is 0.392. The number of hydrogen-bond acceptors (Lipinski definition) is 4. The average molecular weight is 411 g/mol. The summed E-state index contributed by atoms with van der Waals surface area (Å²) < 4.78 is 7.51. The number of allylic oxidation sites excluding steroid dienone is 2. The standard InChI is InChI=1S/C26H26N4O/c1-18-8-10-20(11-9-18)17-30-19(2)16-24(28-30)26-27-25(29-31-26)23-14-12-22(13-15-23)21-6-4-3-5-7-21/h6,8-16H,3-5,7,17H2,1-2H3. The number of aryl methyl sites for hydroxylation is 2. The summed E-state index contributed by atoms with van der Waals surface area (Å²) in [7, 11) is 0. The smallest absolute Gasteiger partial charge is 0.278 e. The van der Waals surface area contributed by atoms with Crippen LogP contribution in [-0.4, -0.2) is 19.9 Å². The maximum atomic E-state index is 5.54. The summed E-state index contributed by atoms with van der Waals surface area (Å²) in [6.45, 7) is 4.85. The zero-order valence-corrected chi connectivity index (χ0v) is 18.0. The van der Waals surface area contributed by atoms with Gasteiger partial charge in [-0.15, -0.1) is 0 Å². The molecular weight excluding hydrogens is 384 g/mol. The molecule has 0 atom stereocenters. The van der Waals surface area contributed by atoms with Crippen LogP contribution in [0.1, 0.15) is 48.1 Å². The van der Waals surface area contributed by atoms with Gasteiger partial charge in [0.1, 0.15) is 0 Å². The average Bonchev–Trinajstić information content (AvgIpc) is 3.43. The fourth-order valence-electron chi connectivity index (χ4n) is 4.02. The molecule has 0 unspecified atom stereocenters. The summed E-state index contributed by atoms with van der Waals surface area (Å²) in [5.41, 5.74) is 7.91. The maximum Gasteiger partial charge on any atom is 0.278 e. The zero-order valence-electron chi connectivity index (χ0n) is 18.0. The third kappa shape index (κ3) is 4.22. The van der Waals surface area contributed by atoms with E-state index in [2.05, 4.69) is 71.7 Å². The van der Waals surface area contributed by atoms with Crippen LogP contribution < -0.4 is 0 Å². The fourth-order valence-corrected chi connectivity index (χ4v) is 4.02. The molecule has 1 aliphatic carbocycles. The molecule has 2 aromatic heterocycles. The molecule has 0 amide bonds. The Balaban J connectivity index is 1.34. The molecule has 0 N–H and O–H groups in total. The molecule has 0 saturated carbocycles. The highest BCUT2D eigenvalue weighted by Gasteiger charge is 2.15. The monoisotopic (exact) mass is 410 g/mol.